The zero-order valence-electron chi connectivity index (χ0n) is 10.1. The first-order valence-corrected chi connectivity index (χ1v) is 8.69. The highest BCUT2D eigenvalue weighted by molar-refractivity contribution is 6.69. The van der Waals surface area contributed by atoms with Gasteiger partial charge in [0.25, 0.3) is 0 Å². The van der Waals surface area contributed by atoms with Crippen molar-refractivity contribution < 1.29 is 4.43 Å². The molecule has 0 saturated heterocycles. The Bertz CT molecular complexity index is 324. The van der Waals surface area contributed by atoms with Crippen molar-refractivity contribution in [1.29, 1.82) is 0 Å². The summed E-state index contributed by atoms with van der Waals surface area (Å²) in [6, 6.07) is 10.3. The van der Waals surface area contributed by atoms with E-state index in [0.717, 1.165) is 5.57 Å². The lowest BCUT2D eigenvalue weighted by atomic mass is 10.0. The standard InChI is InChI=1S/C13H20OSi/c1-11(2)13(14-15(3,4)5)12-9-7-6-8-10-12/h6-10,13H,1H2,2-5H3. The molecular weight excluding hydrogens is 200 g/mol. The van der Waals surface area contributed by atoms with Crippen LogP contribution in [0.2, 0.25) is 19.6 Å². The molecule has 82 valence electrons. The van der Waals surface area contributed by atoms with Crippen LogP contribution >= 0.6 is 0 Å². The number of benzene rings is 1. The summed E-state index contributed by atoms with van der Waals surface area (Å²) in [5, 5.41) is 0. The van der Waals surface area contributed by atoms with E-state index in [1.165, 1.54) is 5.56 Å². The van der Waals surface area contributed by atoms with E-state index < -0.39 is 8.32 Å². The van der Waals surface area contributed by atoms with Gasteiger partial charge in [-0.25, -0.2) is 0 Å². The average Bonchev–Trinajstić information content (AvgIpc) is 2.14. The van der Waals surface area contributed by atoms with E-state index in [1.54, 1.807) is 0 Å². The van der Waals surface area contributed by atoms with Crippen LogP contribution in [0.5, 0.6) is 0 Å². The van der Waals surface area contributed by atoms with Gasteiger partial charge in [0, 0.05) is 0 Å². The van der Waals surface area contributed by atoms with E-state index in [-0.39, 0.29) is 6.10 Å². The maximum atomic E-state index is 6.12. The summed E-state index contributed by atoms with van der Waals surface area (Å²) < 4.78 is 6.12. The molecule has 1 aromatic carbocycles. The molecule has 1 aromatic rings. The first kappa shape index (κ1) is 12.2. The molecule has 0 fully saturated rings. The molecule has 0 heterocycles. The van der Waals surface area contributed by atoms with E-state index >= 15 is 0 Å². The van der Waals surface area contributed by atoms with Crippen LogP contribution in [0.3, 0.4) is 0 Å². The fraction of sp³-hybridized carbons (Fsp3) is 0.385. The predicted octanol–water partition coefficient (Wildman–Crippen LogP) is 4.16. The molecular formula is C13H20OSi. The lowest BCUT2D eigenvalue weighted by Gasteiger charge is -2.27. The monoisotopic (exact) mass is 220 g/mol. The second-order valence-electron chi connectivity index (χ2n) is 4.87. The molecule has 0 aliphatic rings. The third-order valence-corrected chi connectivity index (χ3v) is 2.96. The molecule has 0 aliphatic heterocycles. The van der Waals surface area contributed by atoms with Crippen molar-refractivity contribution in [3.63, 3.8) is 0 Å². The molecule has 0 saturated carbocycles. The zero-order valence-corrected chi connectivity index (χ0v) is 11.1. The zero-order chi connectivity index (χ0) is 11.5. The van der Waals surface area contributed by atoms with E-state index in [9.17, 15) is 0 Å². The van der Waals surface area contributed by atoms with Gasteiger partial charge in [-0.3, -0.25) is 0 Å². The highest BCUT2D eigenvalue weighted by atomic mass is 28.4. The molecule has 0 aromatic heterocycles. The molecule has 1 unspecified atom stereocenters. The van der Waals surface area contributed by atoms with Gasteiger partial charge in [-0.1, -0.05) is 36.9 Å². The van der Waals surface area contributed by atoms with Crippen LogP contribution in [0.25, 0.3) is 0 Å². The molecule has 0 aliphatic carbocycles. The Morgan fingerprint density at radius 1 is 1.20 bits per heavy atom. The quantitative estimate of drug-likeness (QED) is 0.547. The molecule has 0 radical (unpaired) electrons. The SMILES string of the molecule is C=C(C)C(O[Si](C)(C)C)c1ccccc1. The van der Waals surface area contributed by atoms with Gasteiger partial charge in [0.2, 0.25) is 0 Å². The first-order valence-electron chi connectivity index (χ1n) is 5.28. The minimum atomic E-state index is -1.53. The second kappa shape index (κ2) is 4.77. The summed E-state index contributed by atoms with van der Waals surface area (Å²) in [7, 11) is -1.53. The van der Waals surface area contributed by atoms with Crippen molar-refractivity contribution in [3.8, 4) is 0 Å². The smallest absolute Gasteiger partial charge is 0.185 e. The van der Waals surface area contributed by atoms with Gasteiger partial charge < -0.3 is 4.43 Å². The van der Waals surface area contributed by atoms with E-state index in [4.69, 9.17) is 4.43 Å². The van der Waals surface area contributed by atoms with Crippen molar-refractivity contribution in [1.82, 2.24) is 0 Å². The molecule has 2 heteroatoms. The fourth-order valence-electron chi connectivity index (χ4n) is 1.43. The van der Waals surface area contributed by atoms with E-state index in [2.05, 4.69) is 38.4 Å². The highest BCUT2D eigenvalue weighted by Gasteiger charge is 2.22. The summed E-state index contributed by atoms with van der Waals surface area (Å²) in [6.45, 7) is 12.6. The largest absolute Gasteiger partial charge is 0.407 e. The van der Waals surface area contributed by atoms with Crippen LogP contribution in [-0.4, -0.2) is 8.32 Å². The van der Waals surface area contributed by atoms with Gasteiger partial charge in [0.1, 0.15) is 0 Å². The molecule has 0 amide bonds. The minimum Gasteiger partial charge on any atom is -0.407 e. The number of hydrogen-bond donors (Lipinski definition) is 0. The van der Waals surface area contributed by atoms with Gasteiger partial charge in [0.15, 0.2) is 8.32 Å². The van der Waals surface area contributed by atoms with Crippen LogP contribution in [0.1, 0.15) is 18.6 Å². The van der Waals surface area contributed by atoms with Crippen molar-refractivity contribution in [2.24, 2.45) is 0 Å². The second-order valence-corrected chi connectivity index (χ2v) is 9.33. The normalized spacial score (nSPS) is 13.6. The van der Waals surface area contributed by atoms with Crippen LogP contribution < -0.4 is 0 Å². The average molecular weight is 220 g/mol. The van der Waals surface area contributed by atoms with E-state index in [1.807, 2.05) is 25.1 Å². The van der Waals surface area contributed by atoms with Crippen LogP contribution in [0, 0.1) is 0 Å². The third-order valence-electron chi connectivity index (χ3n) is 2.02. The molecule has 0 bridgehead atoms. The first-order chi connectivity index (χ1) is 6.90. The Labute approximate surface area is 93.9 Å². The van der Waals surface area contributed by atoms with Crippen LogP contribution in [-0.2, 0) is 4.43 Å². The van der Waals surface area contributed by atoms with Crippen molar-refractivity contribution in [3.05, 3.63) is 48.0 Å². The van der Waals surface area contributed by atoms with Crippen molar-refractivity contribution in [2.75, 3.05) is 0 Å². The number of rotatable bonds is 4. The lowest BCUT2D eigenvalue weighted by molar-refractivity contribution is 0.236. The topological polar surface area (TPSA) is 9.23 Å². The Morgan fingerprint density at radius 2 is 1.73 bits per heavy atom. The highest BCUT2D eigenvalue weighted by Crippen LogP contribution is 2.27. The van der Waals surface area contributed by atoms with Gasteiger partial charge in [-0.2, -0.15) is 0 Å². The molecule has 0 N–H and O–H groups in total. The van der Waals surface area contributed by atoms with Gasteiger partial charge in [-0.05, 0) is 37.7 Å². The maximum Gasteiger partial charge on any atom is 0.185 e. The van der Waals surface area contributed by atoms with Gasteiger partial charge >= 0.3 is 0 Å². The number of hydrogen-bond acceptors (Lipinski definition) is 1. The molecule has 15 heavy (non-hydrogen) atoms. The summed E-state index contributed by atoms with van der Waals surface area (Å²) >= 11 is 0. The van der Waals surface area contributed by atoms with Crippen LogP contribution in [0.4, 0.5) is 0 Å². The van der Waals surface area contributed by atoms with Crippen molar-refractivity contribution in [2.45, 2.75) is 32.7 Å². The Morgan fingerprint density at radius 3 is 2.13 bits per heavy atom. The van der Waals surface area contributed by atoms with Gasteiger partial charge in [0.05, 0.1) is 6.10 Å². The Hall–Kier alpha value is -0.863. The fourth-order valence-corrected chi connectivity index (χ4v) is 2.48. The summed E-state index contributed by atoms with van der Waals surface area (Å²) in [5.41, 5.74) is 2.27. The third kappa shape index (κ3) is 4.02. The predicted molar refractivity (Wildman–Crippen MR) is 68.4 cm³/mol. The minimum absolute atomic E-state index is 0.0536. The molecule has 1 rings (SSSR count). The van der Waals surface area contributed by atoms with Crippen molar-refractivity contribution >= 4 is 8.32 Å². The van der Waals surface area contributed by atoms with Gasteiger partial charge in [-0.15, -0.1) is 0 Å². The Balaban J connectivity index is 2.90. The summed E-state index contributed by atoms with van der Waals surface area (Å²) in [6.07, 6.45) is 0.0536. The molecule has 1 atom stereocenters. The van der Waals surface area contributed by atoms with E-state index in [0.29, 0.717) is 0 Å². The molecule has 1 nitrogen and oxygen atoms in total. The molecule has 0 spiro atoms. The maximum absolute atomic E-state index is 6.12. The summed E-state index contributed by atoms with van der Waals surface area (Å²) in [4.78, 5) is 0. The van der Waals surface area contributed by atoms with Crippen LogP contribution in [0.15, 0.2) is 42.5 Å². The summed E-state index contributed by atoms with van der Waals surface area (Å²) in [5.74, 6) is 0. The lowest BCUT2D eigenvalue weighted by Crippen LogP contribution is -2.28. The Kier molecular flexibility index (Phi) is 3.88.